The van der Waals surface area contributed by atoms with Gasteiger partial charge in [-0.15, -0.1) is 11.8 Å². The molecule has 109 heavy (non-hydrogen) atoms. The number of hydrogen-bond acceptors (Lipinski definition) is 19. The minimum absolute atomic E-state index is 0.109. The number of aliphatic hydroxyl groups excluding tert-OH is 2. The second-order valence-corrected chi connectivity index (χ2v) is 35.0. The van der Waals surface area contributed by atoms with Gasteiger partial charge in [-0.2, -0.15) is 13.2 Å². The maximum Gasteiger partial charge on any atom is 0.416 e. The molecule has 0 spiro atoms. The SMILES string of the molecule is CC(=O)c1ccc2c(c1)N(CCCN1CCN(CCO)CC1)c1ccccc1S2.CN1CCN(CCCN2c3ccccc3Sc3ccc(Cl)cc32)CC1.CSc1ccc2c(c1)N(CCC1CCCN(C)C1)c1ccccc1S2.OCCN1CCN(CCCN2c3ccccc3Sc3ccc(C(F)(F)F)cc32)CC1. The summed E-state index contributed by atoms with van der Waals surface area (Å²) >= 11 is 15.2. The van der Waals surface area contributed by atoms with Crippen molar-refractivity contribution in [2.24, 2.45) is 5.92 Å². The van der Waals surface area contributed by atoms with Crippen molar-refractivity contribution in [1.82, 2.24) is 34.3 Å². The number of halogens is 4. The van der Waals surface area contributed by atoms with Crippen LogP contribution in [0.1, 0.15) is 61.4 Å². The first-order valence-electron chi connectivity index (χ1n) is 38.8. The summed E-state index contributed by atoms with van der Waals surface area (Å²) in [4.78, 5) is 49.5. The summed E-state index contributed by atoms with van der Waals surface area (Å²) in [5.41, 5.74) is 9.48. The van der Waals surface area contributed by atoms with Crippen LogP contribution < -0.4 is 19.6 Å². The quantitative estimate of drug-likeness (QED) is 0.0528. The van der Waals surface area contributed by atoms with Crippen molar-refractivity contribution in [3.8, 4) is 0 Å². The number of piperidine rings is 1. The lowest BCUT2D eigenvalue weighted by molar-refractivity contribution is -0.137. The summed E-state index contributed by atoms with van der Waals surface area (Å²) in [5.74, 6) is 0.935. The number of carbonyl (C=O) groups is 1. The Hall–Kier alpha value is -5.90. The van der Waals surface area contributed by atoms with Crippen LogP contribution in [0, 0.1) is 5.92 Å². The van der Waals surface area contributed by atoms with Crippen molar-refractivity contribution in [3.05, 3.63) is 186 Å². The summed E-state index contributed by atoms with van der Waals surface area (Å²) in [6.45, 7) is 25.7. The fourth-order valence-electron chi connectivity index (χ4n) is 15.8. The van der Waals surface area contributed by atoms with Crippen LogP contribution in [-0.4, -0.2) is 234 Å². The highest BCUT2D eigenvalue weighted by Crippen LogP contribution is 2.53. The summed E-state index contributed by atoms with van der Waals surface area (Å²) in [6, 6.07) is 57.3. The maximum absolute atomic E-state index is 13.3. The number of Topliss-reactive ketones (excluding diaryl/α,β-unsaturated/α-hetero) is 1. The van der Waals surface area contributed by atoms with Crippen molar-refractivity contribution in [2.75, 3.05) is 204 Å². The average Bonchev–Trinajstić information content (AvgIpc) is 0.796. The number of hydrogen-bond donors (Lipinski definition) is 2. The van der Waals surface area contributed by atoms with E-state index in [1.165, 1.54) is 145 Å². The van der Waals surface area contributed by atoms with Crippen LogP contribution >= 0.6 is 70.4 Å². The molecule has 8 aliphatic heterocycles. The highest BCUT2D eigenvalue weighted by Gasteiger charge is 2.35. The van der Waals surface area contributed by atoms with Gasteiger partial charge < -0.3 is 54.3 Å². The van der Waals surface area contributed by atoms with Gasteiger partial charge in [0.2, 0.25) is 0 Å². The third-order valence-corrected chi connectivity index (χ3v) is 27.3. The lowest BCUT2D eigenvalue weighted by atomic mass is 9.95. The molecule has 8 aliphatic rings. The number of rotatable bonds is 21. The van der Waals surface area contributed by atoms with Crippen LogP contribution in [0.2, 0.25) is 5.02 Å². The minimum atomic E-state index is -4.35. The predicted molar refractivity (Wildman–Crippen MR) is 450 cm³/mol. The Bertz CT molecular complexity index is 4310. The molecule has 1 unspecified atom stereocenters. The zero-order chi connectivity index (χ0) is 75.8. The molecule has 16 rings (SSSR count). The molecular formula is C86H105ClF3N11O3S5. The molecule has 14 nitrogen and oxygen atoms in total. The fraction of sp³-hybridized carbons (Fsp3) is 0.430. The van der Waals surface area contributed by atoms with E-state index in [9.17, 15) is 18.0 Å². The van der Waals surface area contributed by atoms with Gasteiger partial charge in [-0.05, 0) is 213 Å². The van der Waals surface area contributed by atoms with Crippen LogP contribution in [0.4, 0.5) is 58.7 Å². The number of para-hydroxylation sites is 4. The molecule has 0 amide bonds. The van der Waals surface area contributed by atoms with Gasteiger partial charge in [-0.1, -0.05) is 113 Å². The Kier molecular flexibility index (Phi) is 29.2. The largest absolute Gasteiger partial charge is 0.416 e. The van der Waals surface area contributed by atoms with E-state index in [-0.39, 0.29) is 19.0 Å². The number of likely N-dealkylation sites (tertiary alicyclic amines) is 1. The average molecular weight is 1590 g/mol. The second-order valence-electron chi connectivity index (χ2n) is 29.3. The zero-order valence-corrected chi connectivity index (χ0v) is 68.3. The molecule has 8 aromatic rings. The molecular weight excluding hydrogens is 1490 g/mol. The first-order chi connectivity index (χ1) is 53.1. The summed E-state index contributed by atoms with van der Waals surface area (Å²) < 4.78 is 39.9. The number of anilines is 8. The van der Waals surface area contributed by atoms with E-state index in [2.05, 4.69) is 179 Å². The van der Waals surface area contributed by atoms with Crippen LogP contribution in [0.5, 0.6) is 0 Å². The summed E-state index contributed by atoms with van der Waals surface area (Å²) in [5, 5.41) is 19.0. The molecule has 0 saturated carbocycles. The molecule has 2 N–H and O–H groups in total. The Balaban J connectivity index is 0.000000128. The van der Waals surface area contributed by atoms with Crippen molar-refractivity contribution in [1.29, 1.82) is 0 Å². The molecule has 8 aromatic carbocycles. The summed E-state index contributed by atoms with van der Waals surface area (Å²) in [7, 11) is 4.47. The molecule has 0 aromatic heterocycles. The number of ketones is 1. The minimum Gasteiger partial charge on any atom is -0.395 e. The van der Waals surface area contributed by atoms with Crippen molar-refractivity contribution in [2.45, 2.75) is 95.7 Å². The number of β-amino-alcohol motifs (C(OH)–C–C–N with tert-alkyl or cyclic N) is 2. The Morgan fingerprint density at radius 3 is 1.24 bits per heavy atom. The van der Waals surface area contributed by atoms with Gasteiger partial charge in [0.05, 0.1) is 64.3 Å². The monoisotopic (exact) mass is 1590 g/mol. The van der Waals surface area contributed by atoms with Gasteiger partial charge in [0.25, 0.3) is 0 Å². The standard InChI is InChI=1S/C23H29N3O2S.C22H26F3N3OS.C21H26N2S2.C20H24ClN3S/c1-18(28)19-7-8-23-21(17-19)26(20-5-2-3-6-22(20)29-23)10-4-9-24-11-13-25(14-12-24)15-16-27;23-22(24,25)17-6-7-21-19(16-17)28(18-4-1-2-5-20(18)30-21)9-3-8-26-10-12-27(13-11-26)14-15-29;1-22-12-5-6-16(15-22)11-13-23-18-7-3-4-8-20(18)25-21-10-9-17(24-2)14-19(21)23;1-22-11-13-23(14-12-22)9-4-10-24-17-5-2-3-6-19(17)25-20-8-7-16(21)15-18(20)24/h2-3,5-8,17,27H,4,9-16H2,1H3;1-2,4-7,16,29H,3,8-15H2;3-4,7-10,14,16H,5-6,11-13,15H2,1-2H3;2-3,5-8,15H,4,9-14H2,1H3. The fourth-order valence-corrected chi connectivity index (χ4v) is 20.7. The Morgan fingerprint density at radius 2 is 0.807 bits per heavy atom. The van der Waals surface area contributed by atoms with Crippen LogP contribution in [0.25, 0.3) is 0 Å². The number of thioether (sulfide) groups is 1. The van der Waals surface area contributed by atoms with Crippen LogP contribution in [-0.2, 0) is 6.18 Å². The molecule has 0 bridgehead atoms. The Morgan fingerprint density at radius 1 is 0.431 bits per heavy atom. The molecule has 580 valence electrons. The zero-order valence-electron chi connectivity index (χ0n) is 63.4. The lowest BCUT2D eigenvalue weighted by Crippen LogP contribution is -2.47. The topological polar surface area (TPSA) is 93.2 Å². The third-order valence-electron chi connectivity index (χ3n) is 21.8. The molecule has 0 aliphatic carbocycles. The van der Waals surface area contributed by atoms with E-state index in [4.69, 9.17) is 21.8 Å². The van der Waals surface area contributed by atoms with Gasteiger partial charge in [0.15, 0.2) is 5.78 Å². The highest BCUT2D eigenvalue weighted by molar-refractivity contribution is 8.00. The smallest absolute Gasteiger partial charge is 0.395 e. The predicted octanol–water partition coefficient (Wildman–Crippen LogP) is 18.1. The third kappa shape index (κ3) is 21.3. The second kappa shape index (κ2) is 39.2. The normalized spacial score (nSPS) is 18.2. The maximum atomic E-state index is 13.3. The van der Waals surface area contributed by atoms with Gasteiger partial charge in [0, 0.05) is 179 Å². The number of carbonyl (C=O) groups excluding carboxylic acids is 1. The molecule has 23 heteroatoms. The number of aliphatic hydroxyl groups is 2. The highest BCUT2D eigenvalue weighted by atomic mass is 35.5. The van der Waals surface area contributed by atoms with E-state index in [0.29, 0.717) is 18.8 Å². The van der Waals surface area contributed by atoms with Crippen molar-refractivity contribution in [3.63, 3.8) is 0 Å². The van der Waals surface area contributed by atoms with Crippen molar-refractivity contribution >= 4 is 122 Å². The molecule has 4 saturated heterocycles. The number of fused-ring (bicyclic) bond motifs is 8. The van der Waals surface area contributed by atoms with E-state index >= 15 is 0 Å². The van der Waals surface area contributed by atoms with Crippen LogP contribution in [0.3, 0.4) is 0 Å². The van der Waals surface area contributed by atoms with E-state index in [1.807, 2.05) is 82.7 Å². The van der Waals surface area contributed by atoms with E-state index in [1.54, 1.807) is 24.8 Å². The Labute approximate surface area is 670 Å². The first-order valence-corrected chi connectivity index (χ1v) is 43.6. The van der Waals surface area contributed by atoms with E-state index in [0.717, 1.165) is 155 Å². The number of likely N-dealkylation sites (N-methyl/N-ethyl adjacent to an activating group) is 1. The number of alkyl halides is 3. The van der Waals surface area contributed by atoms with Crippen LogP contribution in [0.15, 0.2) is 214 Å². The van der Waals surface area contributed by atoms with Gasteiger partial charge in [0.1, 0.15) is 0 Å². The molecule has 4 fully saturated rings. The number of piperazine rings is 3. The number of benzene rings is 8. The molecule has 8 heterocycles. The van der Waals surface area contributed by atoms with Crippen molar-refractivity contribution < 1.29 is 28.2 Å². The van der Waals surface area contributed by atoms with Gasteiger partial charge in [-0.25, -0.2) is 0 Å². The number of nitrogens with zero attached hydrogens (tertiary/aromatic N) is 11. The van der Waals surface area contributed by atoms with E-state index < -0.39 is 11.7 Å². The molecule has 1 atom stereocenters. The first kappa shape index (κ1) is 81.1. The lowest BCUT2D eigenvalue weighted by Gasteiger charge is -2.36. The van der Waals surface area contributed by atoms with Gasteiger partial charge in [-0.3, -0.25) is 14.6 Å². The molecule has 0 radical (unpaired) electrons. The summed E-state index contributed by atoms with van der Waals surface area (Å²) in [6.07, 6.45) is 4.91. The van der Waals surface area contributed by atoms with Gasteiger partial charge >= 0.3 is 6.18 Å².